The van der Waals surface area contributed by atoms with Crippen LogP contribution < -0.4 is 10.6 Å². The van der Waals surface area contributed by atoms with Gasteiger partial charge < -0.3 is 10.6 Å². The highest BCUT2D eigenvalue weighted by Crippen LogP contribution is 2.15. The summed E-state index contributed by atoms with van der Waals surface area (Å²) in [5.41, 5.74) is 4.87. The summed E-state index contributed by atoms with van der Waals surface area (Å²) < 4.78 is 0. The third kappa shape index (κ3) is 4.39. The van der Waals surface area contributed by atoms with Gasteiger partial charge in [-0.1, -0.05) is 6.07 Å². The molecule has 2 aromatic carbocycles. The predicted octanol–water partition coefficient (Wildman–Crippen LogP) is 4.31. The van der Waals surface area contributed by atoms with Crippen molar-refractivity contribution >= 4 is 34.5 Å². The first-order valence-electron chi connectivity index (χ1n) is 6.71. The Morgan fingerprint density at radius 2 is 1.43 bits per heavy atom. The Labute approximate surface area is 130 Å². The van der Waals surface area contributed by atoms with Crippen molar-refractivity contribution in [1.82, 2.24) is 0 Å². The Morgan fingerprint density at radius 3 is 1.95 bits per heavy atom. The van der Waals surface area contributed by atoms with Crippen LogP contribution in [0.3, 0.4) is 0 Å². The van der Waals surface area contributed by atoms with E-state index in [4.69, 9.17) is 12.2 Å². The quantitative estimate of drug-likeness (QED) is 0.654. The number of aryl methyl sites for hydroxylation is 2. The molecule has 0 fully saturated rings. The molecule has 2 N–H and O–H groups in total. The molecular formula is C17H18N2OS. The van der Waals surface area contributed by atoms with E-state index in [0.29, 0.717) is 10.7 Å². The van der Waals surface area contributed by atoms with Gasteiger partial charge in [-0.15, -0.1) is 0 Å². The minimum atomic E-state index is 0.0532. The maximum Gasteiger partial charge on any atom is 0.175 e. The molecule has 0 atom stereocenters. The topological polar surface area (TPSA) is 41.1 Å². The number of Topliss-reactive ketones (excluding diaryl/α,β-unsaturated/α-hetero) is 1. The van der Waals surface area contributed by atoms with Gasteiger partial charge >= 0.3 is 0 Å². The number of hydrogen-bond donors (Lipinski definition) is 2. The molecule has 0 aliphatic carbocycles. The number of ketones is 1. The summed E-state index contributed by atoms with van der Waals surface area (Å²) in [6.07, 6.45) is 0. The van der Waals surface area contributed by atoms with Crippen molar-refractivity contribution in [2.75, 3.05) is 10.6 Å². The van der Waals surface area contributed by atoms with Crippen LogP contribution in [0, 0.1) is 13.8 Å². The molecule has 0 spiro atoms. The molecule has 0 bridgehead atoms. The van der Waals surface area contributed by atoms with E-state index in [-0.39, 0.29) is 5.78 Å². The fourth-order valence-corrected chi connectivity index (χ4v) is 2.36. The van der Waals surface area contributed by atoms with E-state index in [1.54, 1.807) is 19.1 Å². The summed E-state index contributed by atoms with van der Waals surface area (Å²) in [6.45, 7) is 5.65. The summed E-state index contributed by atoms with van der Waals surface area (Å²) in [6, 6.07) is 13.4. The van der Waals surface area contributed by atoms with E-state index < -0.39 is 0 Å². The second-order valence-corrected chi connectivity index (χ2v) is 5.50. The molecule has 0 amide bonds. The van der Waals surface area contributed by atoms with Crippen LogP contribution in [0.15, 0.2) is 42.5 Å². The van der Waals surface area contributed by atoms with Gasteiger partial charge in [0.1, 0.15) is 0 Å². The third-order valence-electron chi connectivity index (χ3n) is 3.03. The van der Waals surface area contributed by atoms with E-state index in [9.17, 15) is 4.79 Å². The van der Waals surface area contributed by atoms with Crippen LogP contribution >= 0.6 is 12.2 Å². The van der Waals surface area contributed by atoms with Gasteiger partial charge in [0.15, 0.2) is 10.9 Å². The first kappa shape index (κ1) is 15.2. The standard InChI is InChI=1S/C17H18N2OS/c1-11-8-12(2)10-16(9-11)19-17(21)18-15-6-4-14(5-7-15)13(3)20/h4-10H,1-3H3,(H2,18,19,21). The van der Waals surface area contributed by atoms with Crippen LogP contribution in [-0.2, 0) is 0 Å². The van der Waals surface area contributed by atoms with Crippen LogP contribution in [0.1, 0.15) is 28.4 Å². The molecule has 21 heavy (non-hydrogen) atoms. The molecule has 2 aromatic rings. The van der Waals surface area contributed by atoms with Gasteiger partial charge in [0.05, 0.1) is 0 Å². The molecule has 3 nitrogen and oxygen atoms in total. The summed E-state index contributed by atoms with van der Waals surface area (Å²) >= 11 is 5.30. The van der Waals surface area contributed by atoms with Gasteiger partial charge in [0.2, 0.25) is 0 Å². The summed E-state index contributed by atoms with van der Waals surface area (Å²) in [4.78, 5) is 11.2. The second kappa shape index (κ2) is 6.50. The largest absolute Gasteiger partial charge is 0.332 e. The van der Waals surface area contributed by atoms with Gasteiger partial charge in [-0.3, -0.25) is 4.79 Å². The van der Waals surface area contributed by atoms with Gasteiger partial charge in [-0.05, 0) is 80.5 Å². The van der Waals surface area contributed by atoms with Crippen molar-refractivity contribution in [3.05, 3.63) is 59.2 Å². The molecule has 0 saturated heterocycles. The van der Waals surface area contributed by atoms with E-state index in [1.807, 2.05) is 24.3 Å². The van der Waals surface area contributed by atoms with Crippen molar-refractivity contribution in [2.45, 2.75) is 20.8 Å². The zero-order valence-corrected chi connectivity index (χ0v) is 13.2. The maximum atomic E-state index is 11.2. The average Bonchev–Trinajstić information content (AvgIpc) is 2.37. The zero-order valence-electron chi connectivity index (χ0n) is 12.4. The van der Waals surface area contributed by atoms with Crippen LogP contribution in [0.5, 0.6) is 0 Å². The van der Waals surface area contributed by atoms with Crippen molar-refractivity contribution in [1.29, 1.82) is 0 Å². The van der Waals surface area contributed by atoms with Crippen LogP contribution in [0.2, 0.25) is 0 Å². The number of hydrogen-bond acceptors (Lipinski definition) is 2. The highest BCUT2D eigenvalue weighted by atomic mass is 32.1. The first-order valence-corrected chi connectivity index (χ1v) is 7.12. The van der Waals surface area contributed by atoms with Crippen molar-refractivity contribution < 1.29 is 4.79 Å². The monoisotopic (exact) mass is 298 g/mol. The molecule has 0 aliphatic heterocycles. The summed E-state index contributed by atoms with van der Waals surface area (Å²) in [7, 11) is 0. The number of thiocarbonyl (C=S) groups is 1. The Morgan fingerprint density at radius 1 is 0.905 bits per heavy atom. The van der Waals surface area contributed by atoms with Crippen LogP contribution in [-0.4, -0.2) is 10.9 Å². The Bertz CT molecular complexity index is 657. The fourth-order valence-electron chi connectivity index (χ4n) is 2.13. The maximum absolute atomic E-state index is 11.2. The number of carbonyl (C=O) groups is 1. The van der Waals surface area contributed by atoms with E-state index >= 15 is 0 Å². The van der Waals surface area contributed by atoms with E-state index in [1.165, 1.54) is 11.1 Å². The van der Waals surface area contributed by atoms with Gasteiger partial charge in [-0.25, -0.2) is 0 Å². The van der Waals surface area contributed by atoms with Gasteiger partial charge in [0.25, 0.3) is 0 Å². The smallest absolute Gasteiger partial charge is 0.175 e. The van der Waals surface area contributed by atoms with Crippen molar-refractivity contribution in [3.63, 3.8) is 0 Å². The normalized spacial score (nSPS) is 10.0. The van der Waals surface area contributed by atoms with Crippen LogP contribution in [0.25, 0.3) is 0 Å². The molecule has 0 heterocycles. The van der Waals surface area contributed by atoms with Crippen LogP contribution in [0.4, 0.5) is 11.4 Å². The lowest BCUT2D eigenvalue weighted by molar-refractivity contribution is 0.101. The van der Waals surface area contributed by atoms with Crippen molar-refractivity contribution in [2.24, 2.45) is 0 Å². The molecule has 0 saturated carbocycles. The first-order chi connectivity index (χ1) is 9.94. The predicted molar refractivity (Wildman–Crippen MR) is 92.2 cm³/mol. The summed E-state index contributed by atoms with van der Waals surface area (Å²) in [5, 5.41) is 6.79. The number of anilines is 2. The number of benzene rings is 2. The van der Waals surface area contributed by atoms with Gasteiger partial charge in [0, 0.05) is 16.9 Å². The molecule has 4 heteroatoms. The SMILES string of the molecule is CC(=O)c1ccc(NC(=S)Nc2cc(C)cc(C)c2)cc1. The van der Waals surface area contributed by atoms with Gasteiger partial charge in [-0.2, -0.15) is 0 Å². The Hall–Kier alpha value is -2.20. The summed E-state index contributed by atoms with van der Waals surface area (Å²) in [5.74, 6) is 0.0532. The minimum absolute atomic E-state index is 0.0532. The molecule has 0 unspecified atom stereocenters. The number of carbonyl (C=O) groups excluding carboxylic acids is 1. The molecule has 0 aromatic heterocycles. The molecule has 108 valence electrons. The minimum Gasteiger partial charge on any atom is -0.332 e. The zero-order chi connectivity index (χ0) is 15.4. The number of nitrogens with one attached hydrogen (secondary N) is 2. The molecule has 0 radical (unpaired) electrons. The fraction of sp³-hybridized carbons (Fsp3) is 0.176. The highest BCUT2D eigenvalue weighted by Gasteiger charge is 2.02. The Balaban J connectivity index is 2.02. The molecule has 0 aliphatic rings. The third-order valence-corrected chi connectivity index (χ3v) is 3.23. The Kier molecular flexibility index (Phi) is 4.70. The van der Waals surface area contributed by atoms with Crippen molar-refractivity contribution in [3.8, 4) is 0 Å². The lowest BCUT2D eigenvalue weighted by atomic mass is 10.1. The molecule has 2 rings (SSSR count). The highest BCUT2D eigenvalue weighted by molar-refractivity contribution is 7.80. The number of rotatable bonds is 3. The van der Waals surface area contributed by atoms with E-state index in [0.717, 1.165) is 11.4 Å². The second-order valence-electron chi connectivity index (χ2n) is 5.09. The molecular weight excluding hydrogens is 280 g/mol. The lowest BCUT2D eigenvalue weighted by Crippen LogP contribution is -2.19. The van der Waals surface area contributed by atoms with E-state index in [2.05, 4.69) is 30.5 Å². The average molecular weight is 298 g/mol. The lowest BCUT2D eigenvalue weighted by Gasteiger charge is -2.12.